The second kappa shape index (κ2) is 5.30. The summed E-state index contributed by atoms with van der Waals surface area (Å²) in [6.45, 7) is 9.50. The lowest BCUT2D eigenvalue weighted by Gasteiger charge is -2.24. The van der Waals surface area contributed by atoms with Crippen molar-refractivity contribution in [3.8, 4) is 5.75 Å². The Morgan fingerprint density at radius 1 is 1.41 bits per heavy atom. The molecule has 1 aromatic carbocycles. The molecule has 0 radical (unpaired) electrons. The maximum atomic E-state index is 5.87. The van der Waals surface area contributed by atoms with Gasteiger partial charge in [-0.3, -0.25) is 0 Å². The van der Waals surface area contributed by atoms with Crippen LogP contribution in [0.4, 0.5) is 11.4 Å². The Morgan fingerprint density at radius 3 is 2.94 bits per heavy atom. The number of benzene rings is 1. The minimum atomic E-state index is 0.210. The number of anilines is 2. The van der Waals surface area contributed by atoms with Crippen molar-refractivity contribution in [2.75, 3.05) is 29.9 Å². The first-order valence-corrected chi connectivity index (χ1v) is 6.51. The molecule has 1 aromatic rings. The summed E-state index contributed by atoms with van der Waals surface area (Å²) >= 11 is 0. The van der Waals surface area contributed by atoms with Crippen molar-refractivity contribution in [2.24, 2.45) is 0 Å². The minimum absolute atomic E-state index is 0.210. The van der Waals surface area contributed by atoms with Crippen molar-refractivity contribution < 1.29 is 4.74 Å². The maximum absolute atomic E-state index is 5.87. The topological polar surface area (TPSA) is 24.5 Å². The molecule has 2 rings (SSSR count). The molecule has 94 valence electrons. The van der Waals surface area contributed by atoms with E-state index in [1.54, 1.807) is 0 Å². The molecule has 0 spiro atoms. The van der Waals surface area contributed by atoms with Crippen LogP contribution in [0.3, 0.4) is 0 Å². The second-order valence-corrected chi connectivity index (χ2v) is 4.68. The molecule has 3 heteroatoms. The normalized spacial score (nSPS) is 15.2. The van der Waals surface area contributed by atoms with Crippen molar-refractivity contribution in [2.45, 2.75) is 33.3 Å². The third-order valence-corrected chi connectivity index (χ3v) is 3.00. The van der Waals surface area contributed by atoms with Crippen LogP contribution in [0, 0.1) is 0 Å². The van der Waals surface area contributed by atoms with Crippen LogP contribution in [0.25, 0.3) is 0 Å². The smallest absolute Gasteiger partial charge is 0.144 e. The van der Waals surface area contributed by atoms with Gasteiger partial charge in [0.1, 0.15) is 11.4 Å². The van der Waals surface area contributed by atoms with Gasteiger partial charge in [-0.1, -0.05) is 6.07 Å². The SMILES string of the molecule is CCN1CCCNc2c(OC(C)C)cccc21. The molecule has 0 aliphatic carbocycles. The van der Waals surface area contributed by atoms with Crippen LogP contribution < -0.4 is 15.0 Å². The van der Waals surface area contributed by atoms with E-state index in [2.05, 4.69) is 43.1 Å². The number of hydrogen-bond acceptors (Lipinski definition) is 3. The number of fused-ring (bicyclic) bond motifs is 1. The molecule has 0 saturated carbocycles. The quantitative estimate of drug-likeness (QED) is 0.869. The zero-order valence-corrected chi connectivity index (χ0v) is 11.0. The summed E-state index contributed by atoms with van der Waals surface area (Å²) in [4.78, 5) is 2.41. The van der Waals surface area contributed by atoms with Gasteiger partial charge < -0.3 is 15.0 Å². The molecule has 0 amide bonds. The van der Waals surface area contributed by atoms with Crippen LogP contribution >= 0.6 is 0 Å². The Kier molecular flexibility index (Phi) is 3.77. The second-order valence-electron chi connectivity index (χ2n) is 4.68. The van der Waals surface area contributed by atoms with Crippen molar-refractivity contribution >= 4 is 11.4 Å². The van der Waals surface area contributed by atoms with E-state index in [1.807, 2.05) is 6.07 Å². The molecule has 0 aromatic heterocycles. The summed E-state index contributed by atoms with van der Waals surface area (Å²) in [5, 5.41) is 3.50. The fourth-order valence-electron chi connectivity index (χ4n) is 2.25. The van der Waals surface area contributed by atoms with Gasteiger partial charge in [0.05, 0.1) is 11.8 Å². The molecule has 1 N–H and O–H groups in total. The number of hydrogen-bond donors (Lipinski definition) is 1. The van der Waals surface area contributed by atoms with Crippen LogP contribution in [0.2, 0.25) is 0 Å². The molecule has 1 aliphatic rings. The Morgan fingerprint density at radius 2 is 2.24 bits per heavy atom. The van der Waals surface area contributed by atoms with Gasteiger partial charge in [0.2, 0.25) is 0 Å². The summed E-state index contributed by atoms with van der Waals surface area (Å²) < 4.78 is 5.87. The average Bonchev–Trinajstić information content (AvgIpc) is 2.51. The molecule has 3 nitrogen and oxygen atoms in total. The van der Waals surface area contributed by atoms with Crippen LogP contribution in [-0.4, -0.2) is 25.7 Å². The molecule has 0 saturated heterocycles. The molecule has 0 unspecified atom stereocenters. The largest absolute Gasteiger partial charge is 0.489 e. The Balaban J connectivity index is 2.37. The van der Waals surface area contributed by atoms with Gasteiger partial charge >= 0.3 is 0 Å². The Labute approximate surface area is 104 Å². The van der Waals surface area contributed by atoms with Gasteiger partial charge in [0.25, 0.3) is 0 Å². The highest BCUT2D eigenvalue weighted by Gasteiger charge is 2.17. The standard InChI is InChI=1S/C14H22N2O/c1-4-16-10-6-9-15-14-12(16)7-5-8-13(14)17-11(2)3/h5,7-8,11,15H,4,6,9-10H2,1-3H3. The van der Waals surface area contributed by atoms with Crippen molar-refractivity contribution in [3.63, 3.8) is 0 Å². The molecular formula is C14H22N2O. The molecule has 17 heavy (non-hydrogen) atoms. The van der Waals surface area contributed by atoms with E-state index in [0.29, 0.717) is 0 Å². The minimum Gasteiger partial charge on any atom is -0.489 e. The predicted octanol–water partition coefficient (Wildman–Crippen LogP) is 3.12. The average molecular weight is 234 g/mol. The number of rotatable bonds is 3. The zero-order chi connectivity index (χ0) is 12.3. The number of nitrogens with one attached hydrogen (secondary N) is 1. The predicted molar refractivity (Wildman–Crippen MR) is 73.2 cm³/mol. The monoisotopic (exact) mass is 234 g/mol. The first-order chi connectivity index (χ1) is 8.22. The number of para-hydroxylation sites is 1. The fraction of sp³-hybridized carbons (Fsp3) is 0.571. The van der Waals surface area contributed by atoms with Crippen molar-refractivity contribution in [3.05, 3.63) is 18.2 Å². The van der Waals surface area contributed by atoms with Gasteiger partial charge in [-0.25, -0.2) is 0 Å². The highest BCUT2D eigenvalue weighted by atomic mass is 16.5. The van der Waals surface area contributed by atoms with Crippen molar-refractivity contribution in [1.82, 2.24) is 0 Å². The maximum Gasteiger partial charge on any atom is 0.144 e. The molecular weight excluding hydrogens is 212 g/mol. The molecule has 1 aliphatic heterocycles. The third-order valence-electron chi connectivity index (χ3n) is 3.00. The van der Waals surface area contributed by atoms with Crippen LogP contribution in [-0.2, 0) is 0 Å². The van der Waals surface area contributed by atoms with E-state index < -0.39 is 0 Å². The van der Waals surface area contributed by atoms with Gasteiger partial charge in [0, 0.05) is 19.6 Å². The lowest BCUT2D eigenvalue weighted by Crippen LogP contribution is -2.23. The van der Waals surface area contributed by atoms with E-state index >= 15 is 0 Å². The van der Waals surface area contributed by atoms with E-state index in [0.717, 1.165) is 31.1 Å². The zero-order valence-electron chi connectivity index (χ0n) is 11.0. The number of nitrogens with zero attached hydrogens (tertiary/aromatic N) is 1. The Hall–Kier alpha value is -1.38. The highest BCUT2D eigenvalue weighted by Crippen LogP contribution is 2.37. The van der Waals surface area contributed by atoms with E-state index in [1.165, 1.54) is 12.1 Å². The molecule has 0 bridgehead atoms. The molecule has 1 heterocycles. The van der Waals surface area contributed by atoms with Crippen LogP contribution in [0.5, 0.6) is 5.75 Å². The first-order valence-electron chi connectivity index (χ1n) is 6.51. The molecule has 0 fully saturated rings. The third kappa shape index (κ3) is 2.65. The Bertz CT molecular complexity index is 376. The lowest BCUT2D eigenvalue weighted by molar-refractivity contribution is 0.244. The van der Waals surface area contributed by atoms with Gasteiger partial charge in [-0.05, 0) is 39.3 Å². The lowest BCUT2D eigenvalue weighted by atomic mass is 10.2. The van der Waals surface area contributed by atoms with Gasteiger partial charge in [-0.15, -0.1) is 0 Å². The van der Waals surface area contributed by atoms with E-state index in [-0.39, 0.29) is 6.10 Å². The fourth-order valence-corrected chi connectivity index (χ4v) is 2.25. The summed E-state index contributed by atoms with van der Waals surface area (Å²) in [5.74, 6) is 0.970. The number of ether oxygens (including phenoxy) is 1. The summed E-state index contributed by atoms with van der Waals surface area (Å²) in [6, 6.07) is 6.29. The van der Waals surface area contributed by atoms with E-state index in [9.17, 15) is 0 Å². The van der Waals surface area contributed by atoms with Crippen LogP contribution in [0.15, 0.2) is 18.2 Å². The highest BCUT2D eigenvalue weighted by molar-refractivity contribution is 5.77. The van der Waals surface area contributed by atoms with Gasteiger partial charge in [0.15, 0.2) is 0 Å². The van der Waals surface area contributed by atoms with Gasteiger partial charge in [-0.2, -0.15) is 0 Å². The molecule has 0 atom stereocenters. The first kappa shape index (κ1) is 12.1. The van der Waals surface area contributed by atoms with Crippen LogP contribution in [0.1, 0.15) is 27.2 Å². The summed E-state index contributed by atoms with van der Waals surface area (Å²) in [5.41, 5.74) is 2.42. The summed E-state index contributed by atoms with van der Waals surface area (Å²) in [6.07, 6.45) is 1.38. The van der Waals surface area contributed by atoms with E-state index in [4.69, 9.17) is 4.74 Å². The van der Waals surface area contributed by atoms with Crippen molar-refractivity contribution in [1.29, 1.82) is 0 Å². The summed E-state index contributed by atoms with van der Waals surface area (Å²) in [7, 11) is 0.